The van der Waals surface area contributed by atoms with Gasteiger partial charge in [0.2, 0.25) is 5.82 Å². The first kappa shape index (κ1) is 17.2. The molecule has 0 N–H and O–H groups in total. The predicted octanol–water partition coefficient (Wildman–Crippen LogP) is 6.52. The first-order valence-corrected chi connectivity index (χ1v) is 9.21. The van der Waals surface area contributed by atoms with Crippen molar-refractivity contribution >= 4 is 5.57 Å². The van der Waals surface area contributed by atoms with E-state index in [4.69, 9.17) is 4.74 Å². The Kier molecular flexibility index (Phi) is 4.75. The van der Waals surface area contributed by atoms with Gasteiger partial charge in [-0.1, -0.05) is 18.2 Å². The third-order valence-electron chi connectivity index (χ3n) is 5.17. The van der Waals surface area contributed by atoms with Gasteiger partial charge < -0.3 is 4.74 Å². The Bertz CT molecular complexity index is 853. The van der Waals surface area contributed by atoms with Gasteiger partial charge in [-0.2, -0.15) is 4.39 Å². The van der Waals surface area contributed by atoms with E-state index in [0.717, 1.165) is 49.7 Å². The van der Waals surface area contributed by atoms with E-state index in [1.807, 2.05) is 6.07 Å². The first-order chi connectivity index (χ1) is 12.6. The van der Waals surface area contributed by atoms with E-state index >= 15 is 0 Å². The molecule has 0 spiro atoms. The molecular formula is C22H21F3O. The van der Waals surface area contributed by atoms with E-state index in [1.54, 1.807) is 6.07 Å². The van der Waals surface area contributed by atoms with Crippen LogP contribution in [0.15, 0.2) is 36.4 Å². The van der Waals surface area contributed by atoms with Crippen LogP contribution in [0.5, 0.6) is 5.75 Å². The van der Waals surface area contributed by atoms with Crippen LogP contribution in [0.25, 0.3) is 5.57 Å². The van der Waals surface area contributed by atoms with Gasteiger partial charge in [0, 0.05) is 5.56 Å². The normalized spacial score (nSPS) is 17.1. The molecule has 4 heteroatoms. The third kappa shape index (κ3) is 3.64. The molecule has 0 unspecified atom stereocenters. The highest BCUT2D eigenvalue weighted by atomic mass is 19.2. The molecule has 2 aromatic carbocycles. The highest BCUT2D eigenvalue weighted by Crippen LogP contribution is 2.40. The van der Waals surface area contributed by atoms with Crippen LogP contribution < -0.4 is 4.74 Å². The summed E-state index contributed by atoms with van der Waals surface area (Å²) in [5.41, 5.74) is 2.99. The van der Waals surface area contributed by atoms with Gasteiger partial charge in [-0.3, -0.25) is 0 Å². The molecule has 0 amide bonds. The van der Waals surface area contributed by atoms with Gasteiger partial charge in [0.1, 0.15) is 12.4 Å². The summed E-state index contributed by atoms with van der Waals surface area (Å²) in [7, 11) is 0. The molecular weight excluding hydrogens is 337 g/mol. The highest BCUT2D eigenvalue weighted by molar-refractivity contribution is 5.67. The molecule has 2 aliphatic rings. The Morgan fingerprint density at radius 1 is 0.962 bits per heavy atom. The fourth-order valence-electron chi connectivity index (χ4n) is 3.46. The minimum absolute atomic E-state index is 0.129. The van der Waals surface area contributed by atoms with Crippen LogP contribution in [-0.2, 0) is 6.61 Å². The number of halogens is 3. The molecule has 0 bridgehead atoms. The minimum Gasteiger partial charge on any atom is -0.486 e. The Hall–Kier alpha value is -2.23. The molecule has 0 aliphatic heterocycles. The van der Waals surface area contributed by atoms with Gasteiger partial charge in [0.25, 0.3) is 0 Å². The zero-order chi connectivity index (χ0) is 18.1. The second-order valence-corrected chi connectivity index (χ2v) is 7.16. The quantitative estimate of drug-likeness (QED) is 0.591. The zero-order valence-corrected chi connectivity index (χ0v) is 14.5. The molecule has 2 aromatic rings. The fourth-order valence-corrected chi connectivity index (χ4v) is 3.46. The average molecular weight is 358 g/mol. The number of benzene rings is 2. The van der Waals surface area contributed by atoms with Crippen molar-refractivity contribution in [2.24, 2.45) is 0 Å². The van der Waals surface area contributed by atoms with Crippen molar-refractivity contribution in [3.05, 3.63) is 70.5 Å². The average Bonchev–Trinajstić information content (AvgIpc) is 3.49. The lowest BCUT2D eigenvalue weighted by Gasteiger charge is -2.15. The Morgan fingerprint density at radius 2 is 1.81 bits per heavy atom. The van der Waals surface area contributed by atoms with E-state index < -0.39 is 11.6 Å². The van der Waals surface area contributed by atoms with Crippen LogP contribution in [0, 0.1) is 17.5 Å². The van der Waals surface area contributed by atoms with Crippen molar-refractivity contribution in [2.75, 3.05) is 0 Å². The van der Waals surface area contributed by atoms with Gasteiger partial charge in [-0.05, 0) is 79.3 Å². The SMILES string of the molecule is Fc1cc(C2CC2)ccc1COc1cc(C2=CCCCC2)cc(F)c1F. The van der Waals surface area contributed by atoms with Gasteiger partial charge in [0.05, 0.1) is 0 Å². The molecule has 0 aromatic heterocycles. The molecule has 0 atom stereocenters. The molecule has 1 saturated carbocycles. The number of hydrogen-bond acceptors (Lipinski definition) is 1. The summed E-state index contributed by atoms with van der Waals surface area (Å²) in [4.78, 5) is 0. The van der Waals surface area contributed by atoms with Crippen LogP contribution in [0.1, 0.15) is 61.1 Å². The van der Waals surface area contributed by atoms with Crippen molar-refractivity contribution in [1.29, 1.82) is 0 Å². The summed E-state index contributed by atoms with van der Waals surface area (Å²) in [6.07, 6.45) is 8.22. The summed E-state index contributed by atoms with van der Waals surface area (Å²) in [5, 5.41) is 0. The molecule has 1 fully saturated rings. The van der Waals surface area contributed by atoms with E-state index in [0.29, 0.717) is 17.0 Å². The third-order valence-corrected chi connectivity index (χ3v) is 5.17. The lowest BCUT2D eigenvalue weighted by atomic mass is 9.93. The van der Waals surface area contributed by atoms with E-state index in [1.165, 1.54) is 18.2 Å². The maximum Gasteiger partial charge on any atom is 0.200 e. The lowest BCUT2D eigenvalue weighted by Crippen LogP contribution is -2.03. The minimum atomic E-state index is -1.03. The summed E-state index contributed by atoms with van der Waals surface area (Å²) < 4.78 is 47.8. The largest absolute Gasteiger partial charge is 0.486 e. The second kappa shape index (κ2) is 7.18. The van der Waals surface area contributed by atoms with Crippen LogP contribution >= 0.6 is 0 Å². The van der Waals surface area contributed by atoms with E-state index in [-0.39, 0.29) is 18.2 Å². The Morgan fingerprint density at radius 3 is 2.50 bits per heavy atom. The van der Waals surface area contributed by atoms with Crippen LogP contribution in [-0.4, -0.2) is 0 Å². The van der Waals surface area contributed by atoms with Crippen LogP contribution in [0.3, 0.4) is 0 Å². The second-order valence-electron chi connectivity index (χ2n) is 7.16. The maximum atomic E-state index is 14.2. The van der Waals surface area contributed by atoms with Crippen molar-refractivity contribution in [1.82, 2.24) is 0 Å². The number of hydrogen-bond donors (Lipinski definition) is 0. The monoisotopic (exact) mass is 358 g/mol. The lowest BCUT2D eigenvalue weighted by molar-refractivity contribution is 0.279. The summed E-state index contributed by atoms with van der Waals surface area (Å²) in [5.74, 6) is -2.03. The van der Waals surface area contributed by atoms with Crippen molar-refractivity contribution in [3.8, 4) is 5.75 Å². The molecule has 4 rings (SSSR count). The van der Waals surface area contributed by atoms with Gasteiger partial charge >= 0.3 is 0 Å². The smallest absolute Gasteiger partial charge is 0.200 e. The van der Waals surface area contributed by atoms with Gasteiger partial charge in [0.15, 0.2) is 11.6 Å². The first-order valence-electron chi connectivity index (χ1n) is 9.21. The standard InChI is InChI=1S/C22H21F3O/c23-19-10-16(15-6-7-15)8-9-17(19)13-26-21-12-18(11-20(24)22(21)25)14-4-2-1-3-5-14/h4,8-12,15H,1-3,5-7,13H2. The van der Waals surface area contributed by atoms with Gasteiger partial charge in [-0.25, -0.2) is 8.78 Å². The number of allylic oxidation sites excluding steroid dienone is 2. The number of rotatable bonds is 5. The Balaban J connectivity index is 1.54. The zero-order valence-electron chi connectivity index (χ0n) is 14.5. The molecule has 136 valence electrons. The van der Waals surface area contributed by atoms with Crippen LogP contribution in [0.2, 0.25) is 0 Å². The van der Waals surface area contributed by atoms with E-state index in [9.17, 15) is 13.2 Å². The summed E-state index contributed by atoms with van der Waals surface area (Å²) >= 11 is 0. The summed E-state index contributed by atoms with van der Waals surface area (Å²) in [6, 6.07) is 7.82. The Labute approximate surface area is 151 Å². The van der Waals surface area contributed by atoms with Crippen molar-refractivity contribution in [3.63, 3.8) is 0 Å². The maximum absolute atomic E-state index is 14.2. The fraction of sp³-hybridized carbons (Fsp3) is 0.364. The molecule has 2 aliphatic carbocycles. The van der Waals surface area contributed by atoms with E-state index in [2.05, 4.69) is 6.08 Å². The molecule has 0 saturated heterocycles. The predicted molar refractivity (Wildman–Crippen MR) is 95.5 cm³/mol. The molecule has 0 radical (unpaired) electrons. The molecule has 26 heavy (non-hydrogen) atoms. The highest BCUT2D eigenvalue weighted by Gasteiger charge is 2.24. The topological polar surface area (TPSA) is 9.23 Å². The van der Waals surface area contributed by atoms with Crippen LogP contribution in [0.4, 0.5) is 13.2 Å². The molecule has 0 heterocycles. The molecule has 1 nitrogen and oxygen atoms in total. The number of ether oxygens (including phenoxy) is 1. The van der Waals surface area contributed by atoms with Crippen molar-refractivity contribution in [2.45, 2.75) is 51.0 Å². The summed E-state index contributed by atoms with van der Waals surface area (Å²) in [6.45, 7) is -0.129. The van der Waals surface area contributed by atoms with Gasteiger partial charge in [-0.15, -0.1) is 0 Å². The van der Waals surface area contributed by atoms with Crippen molar-refractivity contribution < 1.29 is 17.9 Å².